The molecule has 0 unspecified atom stereocenters. The Bertz CT molecular complexity index is 908. The molecule has 1 aromatic heterocycles. The van der Waals surface area contributed by atoms with Crippen LogP contribution >= 0.6 is 0 Å². The van der Waals surface area contributed by atoms with E-state index in [1.54, 1.807) is 32.0 Å². The first kappa shape index (κ1) is 15.9. The third-order valence-electron chi connectivity index (χ3n) is 3.46. The minimum Gasteiger partial charge on any atom is -0.441 e. The first-order valence-corrected chi connectivity index (χ1v) is 7.32. The summed E-state index contributed by atoms with van der Waals surface area (Å²) < 4.78 is 31.5. The molecule has 2 N–H and O–H groups in total. The lowest BCUT2D eigenvalue weighted by Crippen LogP contribution is -2.31. The van der Waals surface area contributed by atoms with Gasteiger partial charge in [0.15, 0.2) is 23.1 Å². The minimum atomic E-state index is -1.01. The molecule has 0 aliphatic heterocycles. The van der Waals surface area contributed by atoms with Gasteiger partial charge in [-0.05, 0) is 37.3 Å². The molecule has 0 aliphatic carbocycles. The van der Waals surface area contributed by atoms with Gasteiger partial charge >= 0.3 is 0 Å². The number of nitrogens with zero attached hydrogens (tertiary/aromatic N) is 1. The topological polar surface area (TPSA) is 67.2 Å². The van der Waals surface area contributed by atoms with E-state index in [4.69, 9.17) is 4.42 Å². The zero-order valence-electron chi connectivity index (χ0n) is 13.1. The van der Waals surface area contributed by atoms with Crippen molar-refractivity contribution >= 4 is 28.4 Å². The lowest BCUT2D eigenvalue weighted by molar-refractivity contribution is -0.116. The van der Waals surface area contributed by atoms with E-state index in [2.05, 4.69) is 15.6 Å². The van der Waals surface area contributed by atoms with E-state index in [0.29, 0.717) is 22.7 Å². The van der Waals surface area contributed by atoms with Crippen molar-refractivity contribution in [3.05, 3.63) is 53.9 Å². The number of nitrogens with one attached hydrogen (secondary N) is 2. The lowest BCUT2D eigenvalue weighted by atomic mass is 10.2. The van der Waals surface area contributed by atoms with Crippen LogP contribution in [0.1, 0.15) is 12.8 Å². The van der Waals surface area contributed by atoms with Gasteiger partial charge in [-0.2, -0.15) is 0 Å². The SMILES string of the molecule is Cc1nc2cc(N[C@H](C)C(=O)Nc3ccc(F)c(F)c3)ccc2o1. The van der Waals surface area contributed by atoms with E-state index in [-0.39, 0.29) is 11.6 Å². The van der Waals surface area contributed by atoms with E-state index >= 15 is 0 Å². The van der Waals surface area contributed by atoms with E-state index in [0.717, 1.165) is 12.1 Å². The normalized spacial score (nSPS) is 12.2. The highest BCUT2D eigenvalue weighted by atomic mass is 19.2. The summed E-state index contributed by atoms with van der Waals surface area (Å²) in [6.45, 7) is 3.42. The Morgan fingerprint density at radius 2 is 1.88 bits per heavy atom. The number of benzene rings is 2. The smallest absolute Gasteiger partial charge is 0.246 e. The number of hydrogen-bond acceptors (Lipinski definition) is 4. The van der Waals surface area contributed by atoms with Crippen LogP contribution in [-0.4, -0.2) is 16.9 Å². The van der Waals surface area contributed by atoms with Gasteiger partial charge in [-0.3, -0.25) is 4.79 Å². The van der Waals surface area contributed by atoms with Crippen molar-refractivity contribution in [2.24, 2.45) is 0 Å². The Morgan fingerprint density at radius 3 is 2.62 bits per heavy atom. The molecule has 1 atom stereocenters. The van der Waals surface area contributed by atoms with E-state index < -0.39 is 17.7 Å². The van der Waals surface area contributed by atoms with Crippen LogP contribution in [0.4, 0.5) is 20.2 Å². The van der Waals surface area contributed by atoms with Crippen LogP contribution in [-0.2, 0) is 4.79 Å². The van der Waals surface area contributed by atoms with Gasteiger partial charge in [-0.1, -0.05) is 0 Å². The fourth-order valence-electron chi connectivity index (χ4n) is 2.27. The quantitative estimate of drug-likeness (QED) is 0.762. The molecule has 0 aliphatic rings. The maximum Gasteiger partial charge on any atom is 0.246 e. The standard InChI is InChI=1S/C17H15F2N3O2/c1-9(17(23)22-11-3-5-13(18)14(19)7-11)20-12-4-6-16-15(8-12)21-10(2)24-16/h3-9,20H,1-2H3,(H,22,23)/t9-/m1/s1. The Labute approximate surface area is 136 Å². The van der Waals surface area contributed by atoms with Crippen molar-refractivity contribution in [1.82, 2.24) is 4.98 Å². The second-order valence-corrected chi connectivity index (χ2v) is 5.40. The van der Waals surface area contributed by atoms with Crippen molar-refractivity contribution in [1.29, 1.82) is 0 Å². The van der Waals surface area contributed by atoms with Crippen LogP contribution in [0.2, 0.25) is 0 Å². The molecule has 124 valence electrons. The van der Waals surface area contributed by atoms with Gasteiger partial charge in [-0.25, -0.2) is 13.8 Å². The van der Waals surface area contributed by atoms with Gasteiger partial charge in [0, 0.05) is 24.4 Å². The summed E-state index contributed by atoms with van der Waals surface area (Å²) in [5, 5.41) is 5.56. The summed E-state index contributed by atoms with van der Waals surface area (Å²) in [5.74, 6) is -1.79. The first-order valence-electron chi connectivity index (χ1n) is 7.32. The highest BCUT2D eigenvalue weighted by Crippen LogP contribution is 2.20. The summed E-state index contributed by atoms with van der Waals surface area (Å²) in [7, 11) is 0. The van der Waals surface area contributed by atoms with Gasteiger partial charge in [0.05, 0.1) is 0 Å². The van der Waals surface area contributed by atoms with Crippen LogP contribution in [0.3, 0.4) is 0 Å². The van der Waals surface area contributed by atoms with Crippen LogP contribution in [0.25, 0.3) is 11.1 Å². The summed E-state index contributed by atoms with van der Waals surface area (Å²) in [6.07, 6.45) is 0. The number of rotatable bonds is 4. The molecule has 0 fully saturated rings. The highest BCUT2D eigenvalue weighted by Gasteiger charge is 2.14. The summed E-state index contributed by atoms with van der Waals surface area (Å²) in [4.78, 5) is 16.4. The van der Waals surface area contributed by atoms with E-state index in [9.17, 15) is 13.6 Å². The molecule has 0 bridgehead atoms. The maximum atomic E-state index is 13.2. The number of carbonyl (C=O) groups excluding carboxylic acids is 1. The number of aromatic nitrogens is 1. The fourth-order valence-corrected chi connectivity index (χ4v) is 2.27. The number of amides is 1. The molecule has 5 nitrogen and oxygen atoms in total. The van der Waals surface area contributed by atoms with Crippen LogP contribution in [0.15, 0.2) is 40.8 Å². The third kappa shape index (κ3) is 3.34. The predicted octanol–water partition coefficient (Wildman–Crippen LogP) is 3.85. The van der Waals surface area contributed by atoms with E-state index in [1.165, 1.54) is 6.07 Å². The van der Waals surface area contributed by atoms with Gasteiger partial charge in [0.25, 0.3) is 0 Å². The molecule has 24 heavy (non-hydrogen) atoms. The molecule has 7 heteroatoms. The number of anilines is 2. The second-order valence-electron chi connectivity index (χ2n) is 5.40. The number of aryl methyl sites for hydroxylation is 1. The number of oxazole rings is 1. The van der Waals surface area contributed by atoms with Gasteiger partial charge in [-0.15, -0.1) is 0 Å². The number of carbonyl (C=O) groups is 1. The molecule has 0 saturated heterocycles. The fraction of sp³-hybridized carbons (Fsp3) is 0.176. The average molecular weight is 331 g/mol. The molecule has 0 radical (unpaired) electrons. The van der Waals surface area contributed by atoms with Crippen molar-refractivity contribution in [2.75, 3.05) is 10.6 Å². The Balaban J connectivity index is 1.69. The molecule has 1 heterocycles. The molecule has 1 amide bonds. The maximum absolute atomic E-state index is 13.2. The van der Waals surface area contributed by atoms with Crippen molar-refractivity contribution in [3.8, 4) is 0 Å². The predicted molar refractivity (Wildman–Crippen MR) is 86.8 cm³/mol. The number of fused-ring (bicyclic) bond motifs is 1. The van der Waals surface area contributed by atoms with Crippen molar-refractivity contribution in [2.45, 2.75) is 19.9 Å². The van der Waals surface area contributed by atoms with Crippen molar-refractivity contribution < 1.29 is 18.0 Å². The number of hydrogen-bond donors (Lipinski definition) is 2. The summed E-state index contributed by atoms with van der Waals surface area (Å²) in [6, 6.07) is 7.91. The summed E-state index contributed by atoms with van der Waals surface area (Å²) >= 11 is 0. The highest BCUT2D eigenvalue weighted by molar-refractivity contribution is 5.96. The van der Waals surface area contributed by atoms with Gasteiger partial charge in [0.1, 0.15) is 11.6 Å². The largest absolute Gasteiger partial charge is 0.441 e. The van der Waals surface area contributed by atoms with Gasteiger partial charge < -0.3 is 15.1 Å². The monoisotopic (exact) mass is 331 g/mol. The van der Waals surface area contributed by atoms with Crippen LogP contribution in [0.5, 0.6) is 0 Å². The summed E-state index contributed by atoms with van der Waals surface area (Å²) in [5.41, 5.74) is 2.24. The minimum absolute atomic E-state index is 0.190. The zero-order valence-corrected chi connectivity index (χ0v) is 13.1. The Kier molecular flexibility index (Phi) is 4.16. The Hall–Kier alpha value is -2.96. The number of halogens is 2. The van der Waals surface area contributed by atoms with Crippen molar-refractivity contribution in [3.63, 3.8) is 0 Å². The molecule has 3 aromatic rings. The second kappa shape index (κ2) is 6.27. The van der Waals surface area contributed by atoms with E-state index in [1.807, 2.05) is 0 Å². The third-order valence-corrected chi connectivity index (χ3v) is 3.46. The lowest BCUT2D eigenvalue weighted by Gasteiger charge is -2.15. The molecular formula is C17H15F2N3O2. The molecule has 3 rings (SSSR count). The average Bonchev–Trinajstić information content (AvgIpc) is 2.90. The van der Waals surface area contributed by atoms with Crippen LogP contribution < -0.4 is 10.6 Å². The molecular weight excluding hydrogens is 316 g/mol. The van der Waals surface area contributed by atoms with Gasteiger partial charge in [0.2, 0.25) is 5.91 Å². The molecule has 2 aromatic carbocycles. The van der Waals surface area contributed by atoms with Crippen LogP contribution in [0, 0.1) is 18.6 Å². The molecule has 0 saturated carbocycles. The Morgan fingerprint density at radius 1 is 1.12 bits per heavy atom. The zero-order chi connectivity index (χ0) is 17.3. The first-order chi connectivity index (χ1) is 11.4. The molecule has 0 spiro atoms.